The van der Waals surface area contributed by atoms with E-state index < -0.39 is 5.92 Å². The van der Waals surface area contributed by atoms with E-state index >= 15 is 0 Å². The van der Waals surface area contributed by atoms with Gasteiger partial charge < -0.3 is 4.74 Å². The first-order valence-corrected chi connectivity index (χ1v) is 7.68. The molecule has 0 amide bonds. The van der Waals surface area contributed by atoms with Gasteiger partial charge in [-0.2, -0.15) is 5.26 Å². The molecule has 0 radical (unpaired) electrons. The Balaban J connectivity index is 2.42. The van der Waals surface area contributed by atoms with Gasteiger partial charge in [-0.1, -0.05) is 44.0 Å². The lowest BCUT2D eigenvalue weighted by Crippen LogP contribution is -2.12. The summed E-state index contributed by atoms with van der Waals surface area (Å²) in [6.45, 7) is 0. The van der Waals surface area contributed by atoms with Crippen molar-refractivity contribution in [1.29, 1.82) is 5.26 Å². The third kappa shape index (κ3) is 3.52. The highest BCUT2D eigenvalue weighted by Crippen LogP contribution is 2.29. The molecule has 0 aliphatic carbocycles. The molecule has 0 saturated heterocycles. The lowest BCUT2D eigenvalue weighted by atomic mass is 9.91. The van der Waals surface area contributed by atoms with Gasteiger partial charge in [0.05, 0.1) is 18.7 Å². The molecule has 0 heterocycles. The number of carbonyl (C=O) groups excluding carboxylic acids is 1. The number of carbonyl (C=O) groups is 1. The zero-order chi connectivity index (χ0) is 15.4. The van der Waals surface area contributed by atoms with Crippen LogP contribution in [0.4, 0.5) is 0 Å². The van der Waals surface area contributed by atoms with Gasteiger partial charge in [0, 0.05) is 8.95 Å². The number of nitriles is 1. The second-order valence-electron chi connectivity index (χ2n) is 4.32. The Kier molecular flexibility index (Phi) is 5.16. The molecular formula is C16H11Br2NO2. The van der Waals surface area contributed by atoms with E-state index in [1.54, 1.807) is 30.3 Å². The molecule has 21 heavy (non-hydrogen) atoms. The molecule has 2 aromatic carbocycles. The first-order valence-electron chi connectivity index (χ1n) is 6.09. The van der Waals surface area contributed by atoms with Gasteiger partial charge in [-0.15, -0.1) is 0 Å². The zero-order valence-corrected chi connectivity index (χ0v) is 14.3. The molecule has 1 atom stereocenters. The summed E-state index contributed by atoms with van der Waals surface area (Å²) in [6.07, 6.45) is 0. The summed E-state index contributed by atoms with van der Waals surface area (Å²) in [4.78, 5) is 12.6. The van der Waals surface area contributed by atoms with Crippen molar-refractivity contribution in [3.63, 3.8) is 0 Å². The molecule has 5 heteroatoms. The molecule has 0 aliphatic rings. The van der Waals surface area contributed by atoms with E-state index in [0.29, 0.717) is 16.9 Å². The highest BCUT2D eigenvalue weighted by atomic mass is 79.9. The molecule has 106 valence electrons. The van der Waals surface area contributed by atoms with E-state index in [1.165, 1.54) is 7.11 Å². The number of ketones is 1. The minimum absolute atomic E-state index is 0.274. The lowest BCUT2D eigenvalue weighted by molar-refractivity contribution is 0.0976. The number of hydrogen-bond donors (Lipinski definition) is 0. The van der Waals surface area contributed by atoms with E-state index in [2.05, 4.69) is 37.9 Å². The van der Waals surface area contributed by atoms with Crippen LogP contribution in [0, 0.1) is 11.3 Å². The van der Waals surface area contributed by atoms with Crippen molar-refractivity contribution in [1.82, 2.24) is 0 Å². The van der Waals surface area contributed by atoms with Crippen LogP contribution in [-0.2, 0) is 0 Å². The molecule has 0 aromatic heterocycles. The largest absolute Gasteiger partial charge is 0.496 e. The molecule has 0 aliphatic heterocycles. The standard InChI is InChI=1S/C16H11Br2NO2/c1-21-15-8-12(18)6-7-13(15)16(20)14(9-19)10-2-4-11(17)5-3-10/h2-8,14H,1H3. The Hall–Kier alpha value is -1.64. The predicted molar refractivity (Wildman–Crippen MR) is 87.5 cm³/mol. The van der Waals surface area contributed by atoms with Crippen molar-refractivity contribution in [3.8, 4) is 11.8 Å². The van der Waals surface area contributed by atoms with Crippen LogP contribution in [0.15, 0.2) is 51.4 Å². The summed E-state index contributed by atoms with van der Waals surface area (Å²) >= 11 is 6.67. The molecule has 0 saturated carbocycles. The van der Waals surface area contributed by atoms with Gasteiger partial charge in [0.15, 0.2) is 5.78 Å². The number of benzene rings is 2. The van der Waals surface area contributed by atoms with Crippen LogP contribution < -0.4 is 4.74 Å². The summed E-state index contributed by atoms with van der Waals surface area (Å²) in [7, 11) is 1.50. The highest BCUT2D eigenvalue weighted by molar-refractivity contribution is 9.10. The van der Waals surface area contributed by atoms with Gasteiger partial charge in [0.1, 0.15) is 11.7 Å². The first-order chi connectivity index (χ1) is 10.1. The SMILES string of the molecule is COc1cc(Br)ccc1C(=O)C(C#N)c1ccc(Br)cc1. The molecular weight excluding hydrogens is 398 g/mol. The van der Waals surface area contributed by atoms with Crippen molar-refractivity contribution in [2.45, 2.75) is 5.92 Å². The number of ether oxygens (including phenoxy) is 1. The van der Waals surface area contributed by atoms with Gasteiger partial charge in [-0.25, -0.2) is 0 Å². The van der Waals surface area contributed by atoms with Gasteiger partial charge in [0.2, 0.25) is 0 Å². The topological polar surface area (TPSA) is 50.1 Å². The summed E-state index contributed by atoms with van der Waals surface area (Å²) in [5.41, 5.74) is 1.06. The smallest absolute Gasteiger partial charge is 0.188 e. The third-order valence-electron chi connectivity index (χ3n) is 3.02. The Morgan fingerprint density at radius 3 is 2.33 bits per heavy atom. The average molecular weight is 409 g/mol. The van der Waals surface area contributed by atoms with Gasteiger partial charge in [-0.3, -0.25) is 4.79 Å². The number of halogens is 2. The molecule has 0 fully saturated rings. The van der Waals surface area contributed by atoms with E-state index in [-0.39, 0.29) is 5.78 Å². The number of nitrogens with zero attached hydrogens (tertiary/aromatic N) is 1. The van der Waals surface area contributed by atoms with Crippen molar-refractivity contribution in [2.75, 3.05) is 7.11 Å². The number of hydrogen-bond acceptors (Lipinski definition) is 3. The van der Waals surface area contributed by atoms with E-state index in [1.807, 2.05) is 12.1 Å². The van der Waals surface area contributed by atoms with Crippen molar-refractivity contribution in [2.24, 2.45) is 0 Å². The van der Waals surface area contributed by atoms with Crippen LogP contribution in [-0.4, -0.2) is 12.9 Å². The monoisotopic (exact) mass is 407 g/mol. The molecule has 1 unspecified atom stereocenters. The van der Waals surface area contributed by atoms with Crippen LogP contribution in [0.3, 0.4) is 0 Å². The fourth-order valence-electron chi connectivity index (χ4n) is 1.96. The summed E-state index contributed by atoms with van der Waals surface area (Å²) in [6, 6.07) is 14.4. The average Bonchev–Trinajstić information content (AvgIpc) is 2.49. The quantitative estimate of drug-likeness (QED) is 0.688. The highest BCUT2D eigenvalue weighted by Gasteiger charge is 2.24. The minimum Gasteiger partial charge on any atom is -0.496 e. The maximum absolute atomic E-state index is 12.6. The fourth-order valence-corrected chi connectivity index (χ4v) is 2.57. The van der Waals surface area contributed by atoms with Gasteiger partial charge in [-0.05, 0) is 35.9 Å². The van der Waals surface area contributed by atoms with E-state index in [0.717, 1.165) is 8.95 Å². The molecule has 0 bridgehead atoms. The van der Waals surface area contributed by atoms with Crippen LogP contribution in [0.25, 0.3) is 0 Å². The molecule has 0 N–H and O–H groups in total. The number of methoxy groups -OCH3 is 1. The van der Waals surface area contributed by atoms with Crippen molar-refractivity contribution < 1.29 is 9.53 Å². The van der Waals surface area contributed by atoms with Crippen LogP contribution >= 0.6 is 31.9 Å². The third-order valence-corrected chi connectivity index (χ3v) is 4.05. The lowest BCUT2D eigenvalue weighted by Gasteiger charge is -2.12. The second kappa shape index (κ2) is 6.88. The number of rotatable bonds is 4. The van der Waals surface area contributed by atoms with Crippen LogP contribution in [0.1, 0.15) is 21.8 Å². The van der Waals surface area contributed by atoms with E-state index in [4.69, 9.17) is 4.74 Å². The Bertz CT molecular complexity index is 705. The molecule has 3 nitrogen and oxygen atoms in total. The second-order valence-corrected chi connectivity index (χ2v) is 6.15. The number of Topliss-reactive ketones (excluding diaryl/α,β-unsaturated/α-hetero) is 1. The maximum Gasteiger partial charge on any atom is 0.188 e. The molecule has 2 aromatic rings. The molecule has 0 spiro atoms. The fraction of sp³-hybridized carbons (Fsp3) is 0.125. The van der Waals surface area contributed by atoms with Crippen LogP contribution in [0.2, 0.25) is 0 Å². The maximum atomic E-state index is 12.6. The van der Waals surface area contributed by atoms with Crippen molar-refractivity contribution in [3.05, 3.63) is 62.5 Å². The summed E-state index contributed by atoms with van der Waals surface area (Å²) < 4.78 is 6.94. The zero-order valence-electron chi connectivity index (χ0n) is 11.1. The van der Waals surface area contributed by atoms with Gasteiger partial charge in [0.25, 0.3) is 0 Å². The Morgan fingerprint density at radius 1 is 1.14 bits per heavy atom. The summed E-state index contributed by atoms with van der Waals surface area (Å²) in [5, 5.41) is 9.37. The van der Waals surface area contributed by atoms with E-state index in [9.17, 15) is 10.1 Å². The Labute approximate surface area is 139 Å². The first kappa shape index (κ1) is 15.7. The molecule has 2 rings (SSSR count). The normalized spacial score (nSPS) is 11.5. The summed E-state index contributed by atoms with van der Waals surface area (Å²) in [5.74, 6) is -0.677. The van der Waals surface area contributed by atoms with Crippen LogP contribution in [0.5, 0.6) is 5.75 Å². The Morgan fingerprint density at radius 2 is 1.76 bits per heavy atom. The predicted octanol–water partition coefficient (Wildman–Crippen LogP) is 4.71. The van der Waals surface area contributed by atoms with Gasteiger partial charge >= 0.3 is 0 Å². The minimum atomic E-state index is -0.854. The van der Waals surface area contributed by atoms with Crippen molar-refractivity contribution >= 4 is 37.6 Å².